The van der Waals surface area contributed by atoms with Gasteiger partial charge < -0.3 is 27.6 Å². The number of carboxylic acids is 1. The minimum Gasteiger partial charge on any atom is -0.480 e. The van der Waals surface area contributed by atoms with Gasteiger partial charge in [0.15, 0.2) is 0 Å². The largest absolute Gasteiger partial charge is 0.480 e. The molecule has 2 heterocycles. The van der Waals surface area contributed by atoms with Crippen LogP contribution in [0.2, 0.25) is 30.1 Å². The molecule has 12 aliphatic rings. The number of carbonyl (C=O) groups is 4. The summed E-state index contributed by atoms with van der Waals surface area (Å²) in [5.41, 5.74) is 16.8. The number of carbonyl (C=O) groups excluding carboxylic acids is 3. The van der Waals surface area contributed by atoms with E-state index in [1.54, 1.807) is 0 Å². The average molecular weight is 1210 g/mol. The summed E-state index contributed by atoms with van der Waals surface area (Å²) in [7, 11) is -8.08. The summed E-state index contributed by atoms with van der Waals surface area (Å²) >= 11 is 37.0. The molecule has 12 fully saturated rings. The van der Waals surface area contributed by atoms with Gasteiger partial charge in [0.2, 0.25) is 17.7 Å². The number of aliphatic carboxylic acids is 1. The van der Waals surface area contributed by atoms with Gasteiger partial charge in [-0.3, -0.25) is 27.8 Å². The number of halogens is 7. The number of primary amides is 2. The maximum absolute atomic E-state index is 13.7. The fourth-order valence-corrected chi connectivity index (χ4v) is 20.7. The fraction of sp³-hybridized carbons (Fsp3) is 0.667. The summed E-state index contributed by atoms with van der Waals surface area (Å²) in [5, 5.41) is 13.3. The Morgan fingerprint density at radius 1 is 0.581 bits per heavy atom. The van der Waals surface area contributed by atoms with E-state index in [1.807, 2.05) is 0 Å². The first-order valence-electron chi connectivity index (χ1n) is 24.9. The third-order valence-electron chi connectivity index (χ3n) is 18.2. The van der Waals surface area contributed by atoms with Gasteiger partial charge in [0.25, 0.3) is 0 Å². The first kappa shape index (κ1) is 56.5. The molecule has 2 aromatic rings. The summed E-state index contributed by atoms with van der Waals surface area (Å²) in [6.07, 6.45) is 13.1. The van der Waals surface area contributed by atoms with Crippen molar-refractivity contribution in [3.05, 3.63) is 54.4 Å². The quantitative estimate of drug-likeness (QED) is 0.165. The van der Waals surface area contributed by atoms with Crippen molar-refractivity contribution in [2.45, 2.75) is 102 Å². The maximum Gasteiger partial charge on any atom is 0.318 e. The van der Waals surface area contributed by atoms with E-state index in [0.717, 1.165) is 78.7 Å². The van der Waals surface area contributed by atoms with E-state index in [0.29, 0.717) is 46.7 Å². The lowest BCUT2D eigenvalue weighted by Gasteiger charge is -2.58. The van der Waals surface area contributed by atoms with E-state index in [4.69, 9.17) is 91.9 Å². The van der Waals surface area contributed by atoms with Crippen molar-refractivity contribution in [3.63, 3.8) is 0 Å². The van der Waals surface area contributed by atoms with Gasteiger partial charge in [-0.1, -0.05) is 69.6 Å². The lowest BCUT2D eigenvalue weighted by Crippen LogP contribution is -2.63. The summed E-state index contributed by atoms with van der Waals surface area (Å²) in [6.45, 7) is 0.102. The van der Waals surface area contributed by atoms with Gasteiger partial charge in [-0.25, -0.2) is 0 Å². The number of nitrogens with one attached hydrogen (secondary N) is 1. The number of hydrogen-bond donors (Lipinski definition) is 5. The molecule has 4 unspecified atom stereocenters. The Balaban J connectivity index is 0.000000151. The molecule has 8 N–H and O–H groups in total. The topological polar surface area (TPSA) is 260 Å². The number of amides is 3. The van der Waals surface area contributed by atoms with Gasteiger partial charge in [-0.05, 0) is 150 Å². The van der Waals surface area contributed by atoms with Crippen molar-refractivity contribution in [1.82, 2.24) is 13.9 Å². The smallest absolute Gasteiger partial charge is 0.318 e. The molecule has 2 aliphatic heterocycles. The van der Waals surface area contributed by atoms with E-state index < -0.39 is 38.3 Å². The number of carboxylic acid groups (broad SMARTS) is 1. The van der Waals surface area contributed by atoms with Crippen LogP contribution in [-0.4, -0.2) is 106 Å². The van der Waals surface area contributed by atoms with Crippen LogP contribution in [0.25, 0.3) is 0 Å². The maximum atomic E-state index is 13.7. The monoisotopic (exact) mass is 1200 g/mol. The van der Waals surface area contributed by atoms with Crippen molar-refractivity contribution >= 4 is 137 Å². The van der Waals surface area contributed by atoms with Gasteiger partial charge in [-0.2, -0.15) is 25.4 Å². The highest BCUT2D eigenvalue weighted by atomic mass is 35.5. The van der Waals surface area contributed by atoms with Crippen LogP contribution in [0.4, 0.5) is 11.4 Å². The summed E-state index contributed by atoms with van der Waals surface area (Å²) < 4.78 is 57.5. The van der Waals surface area contributed by atoms with Crippen LogP contribution >= 0.6 is 82.0 Å². The molecule has 0 radical (unpaired) electrons. The second-order valence-corrected chi connectivity index (χ2v) is 29.5. The molecular formula is C48H61Cl7N8O9S2. The van der Waals surface area contributed by atoms with E-state index in [9.17, 15) is 36.0 Å². The van der Waals surface area contributed by atoms with Crippen molar-refractivity contribution in [2.75, 3.05) is 47.9 Å². The van der Waals surface area contributed by atoms with Gasteiger partial charge >= 0.3 is 26.4 Å². The Hall–Kier alpha value is -2.27. The molecule has 0 aromatic heterocycles. The normalized spacial score (nSPS) is 34.7. The molecule has 26 heteroatoms. The number of anilines is 2. The van der Waals surface area contributed by atoms with Crippen LogP contribution < -0.4 is 31.1 Å². The number of nitrogens with zero attached hydrogens (tertiary/aromatic N) is 4. The standard InChI is InChI=1S/C24H29Cl3N4O4S.C13H13Cl3N2O4S.C11H18N2O.ClH/c25-16-5-17(26)21(18(27)6-16)31-12-23(1-2-23)11-30(36(31,34)35)10-19(32)29-20-14-3-13-4-15(20)9-24(7-13,8-14)22(28)33;14-8-3-9(15)12(10(16)4-8)18-7-13(1-2-13)6-17(5-11(19)20)23(18,21)22;12-9-7-1-6-2-8(9)5-11(3-6,4-7)10(13)14;/h5-6,13-15,20H,1-4,7-12H2,(H2,28,33)(H,29,32);3-4H,1-2,5-7H2,(H,19,20);6-9H,1-5,12H2,(H2,13,14);1H. The van der Waals surface area contributed by atoms with E-state index in [-0.39, 0.29) is 128 Å². The molecule has 8 bridgehead atoms. The molecule has 2 saturated heterocycles. The zero-order valence-electron chi connectivity index (χ0n) is 40.3. The highest BCUT2D eigenvalue weighted by Gasteiger charge is 2.60. The Labute approximate surface area is 467 Å². The van der Waals surface area contributed by atoms with Crippen LogP contribution in [0.3, 0.4) is 0 Å². The fourth-order valence-electron chi connectivity index (χ4n) is 14.7. The van der Waals surface area contributed by atoms with Crippen LogP contribution in [-0.2, 0) is 39.6 Å². The molecule has 2 spiro atoms. The molecule has 10 saturated carbocycles. The van der Waals surface area contributed by atoms with Crippen LogP contribution in [0.15, 0.2) is 24.3 Å². The Kier molecular flexibility index (Phi) is 15.4. The Morgan fingerprint density at radius 2 is 0.932 bits per heavy atom. The lowest BCUT2D eigenvalue weighted by molar-refractivity contribution is -0.147. The zero-order chi connectivity index (χ0) is 52.5. The zero-order valence-corrected chi connectivity index (χ0v) is 47.3. The molecule has 74 heavy (non-hydrogen) atoms. The van der Waals surface area contributed by atoms with E-state index >= 15 is 0 Å². The summed E-state index contributed by atoms with van der Waals surface area (Å²) in [6, 6.07) is 6.05. The molecule has 10 aliphatic carbocycles. The third kappa shape index (κ3) is 10.4. The Bertz CT molecular complexity index is 2800. The lowest BCUT2D eigenvalue weighted by atomic mass is 9.47. The minimum absolute atomic E-state index is 0. The predicted molar refractivity (Wildman–Crippen MR) is 287 cm³/mol. The third-order valence-corrected chi connectivity index (χ3v) is 23.3. The van der Waals surface area contributed by atoms with E-state index in [2.05, 4.69) is 5.32 Å². The SMILES string of the molecule is Cl.NC(=O)C12CC3CC(C1)C(N)C(C3)C2.NC(=O)C12CC3CC(C1)C(NC(=O)CN1CC4(CC4)CN(c4c(Cl)cc(Cl)cc4Cl)S1(=O)=O)C(C3)C2.O=C(O)CN1CC2(CC2)CN(c2c(Cl)cc(Cl)cc2Cl)S1(=O)=O. The number of benzene rings is 2. The predicted octanol–water partition coefficient (Wildman–Crippen LogP) is 7.52. The van der Waals surface area contributed by atoms with Crippen molar-refractivity contribution in [2.24, 2.45) is 74.4 Å². The van der Waals surface area contributed by atoms with Crippen LogP contribution in [0.5, 0.6) is 0 Å². The second-order valence-electron chi connectivity index (χ2n) is 23.3. The highest BCUT2D eigenvalue weighted by molar-refractivity contribution is 7.91. The number of nitrogens with two attached hydrogens (primary N) is 3. The van der Waals surface area contributed by atoms with Gasteiger partial charge in [0.05, 0.1) is 38.0 Å². The van der Waals surface area contributed by atoms with Gasteiger partial charge in [-0.15, -0.1) is 12.4 Å². The molecule has 408 valence electrons. The van der Waals surface area contributed by atoms with Crippen LogP contribution in [0.1, 0.15) is 89.9 Å². The molecule has 2 aromatic carbocycles. The first-order chi connectivity index (χ1) is 34.2. The molecular weight excluding hydrogens is 1140 g/mol. The molecule has 4 atom stereocenters. The second kappa shape index (κ2) is 20.1. The number of hydrogen-bond acceptors (Lipinski definition) is 9. The molecule has 14 rings (SSSR count). The average Bonchev–Trinajstić information content (AvgIpc) is 4.21. The van der Waals surface area contributed by atoms with Crippen molar-refractivity contribution in [3.8, 4) is 0 Å². The van der Waals surface area contributed by atoms with E-state index in [1.165, 1.54) is 45.7 Å². The Morgan fingerprint density at radius 3 is 1.28 bits per heavy atom. The summed E-state index contributed by atoms with van der Waals surface area (Å²) in [4.78, 5) is 48.0. The minimum atomic E-state index is -4.05. The van der Waals surface area contributed by atoms with Crippen LogP contribution in [0, 0.1) is 57.2 Å². The van der Waals surface area contributed by atoms with Gasteiger partial charge in [0.1, 0.15) is 6.54 Å². The number of rotatable bonds is 9. The first-order valence-corrected chi connectivity index (χ1v) is 29.9. The highest BCUT2D eigenvalue weighted by Crippen LogP contribution is 2.61. The molecule has 17 nitrogen and oxygen atoms in total. The molecule has 3 amide bonds. The van der Waals surface area contributed by atoms with Crippen molar-refractivity contribution < 1.29 is 41.1 Å². The summed E-state index contributed by atoms with van der Waals surface area (Å²) in [5.74, 6) is 0.941. The van der Waals surface area contributed by atoms with Gasteiger partial charge in [0, 0.05) is 70.0 Å². The van der Waals surface area contributed by atoms with Crippen molar-refractivity contribution in [1.29, 1.82) is 0 Å².